The van der Waals surface area contributed by atoms with Crippen LogP contribution in [-0.4, -0.2) is 30.5 Å². The predicted molar refractivity (Wildman–Crippen MR) is 121 cm³/mol. The molecule has 4 aromatic heterocycles. The number of benzene rings is 1. The Morgan fingerprint density at radius 1 is 1.16 bits per heavy atom. The van der Waals surface area contributed by atoms with Crippen LogP contribution in [0.2, 0.25) is 5.02 Å². The van der Waals surface area contributed by atoms with Gasteiger partial charge in [0.25, 0.3) is 5.91 Å². The van der Waals surface area contributed by atoms with Crippen LogP contribution in [0.15, 0.2) is 71.8 Å². The number of amides is 1. The Kier molecular flexibility index (Phi) is 5.23. The first-order valence-electron chi connectivity index (χ1n) is 9.58. The van der Waals surface area contributed by atoms with E-state index in [1.54, 1.807) is 34.3 Å². The zero-order chi connectivity index (χ0) is 21.2. The van der Waals surface area contributed by atoms with E-state index in [0.717, 1.165) is 22.3 Å². The molecule has 0 atom stereocenters. The summed E-state index contributed by atoms with van der Waals surface area (Å²) >= 11 is 7.85. The number of hydrogen-bond acceptors (Lipinski definition) is 5. The standard InChI is InChI=1S/C22H17ClN6OS/c23-19-5-8-24-21-17(19)6-9-28(21)12-16-13-29(27-26-16)20-4-2-1-3-18(20)22(30)25-11-15-7-10-31-14-15/h1-10,13-14H,11-12H2,(H,25,30). The van der Waals surface area contributed by atoms with Gasteiger partial charge in [0.05, 0.1) is 29.0 Å². The van der Waals surface area contributed by atoms with E-state index < -0.39 is 0 Å². The summed E-state index contributed by atoms with van der Waals surface area (Å²) in [5.74, 6) is -0.158. The van der Waals surface area contributed by atoms with Crippen molar-refractivity contribution in [3.63, 3.8) is 0 Å². The highest BCUT2D eigenvalue weighted by molar-refractivity contribution is 7.07. The topological polar surface area (TPSA) is 77.6 Å². The molecule has 31 heavy (non-hydrogen) atoms. The first-order valence-corrected chi connectivity index (χ1v) is 10.9. The third-order valence-corrected chi connectivity index (χ3v) is 5.97. The molecule has 0 saturated carbocycles. The van der Waals surface area contributed by atoms with Gasteiger partial charge in [0.1, 0.15) is 11.3 Å². The van der Waals surface area contributed by atoms with Crippen molar-refractivity contribution in [2.24, 2.45) is 0 Å². The van der Waals surface area contributed by atoms with Gasteiger partial charge in [-0.05, 0) is 46.7 Å². The van der Waals surface area contributed by atoms with Crippen molar-refractivity contribution in [1.29, 1.82) is 0 Å². The van der Waals surface area contributed by atoms with Crippen molar-refractivity contribution in [3.05, 3.63) is 93.7 Å². The molecule has 0 aliphatic carbocycles. The smallest absolute Gasteiger partial charge is 0.253 e. The maximum absolute atomic E-state index is 12.8. The predicted octanol–water partition coefficient (Wildman–Crippen LogP) is 4.31. The number of halogens is 1. The van der Waals surface area contributed by atoms with Crippen molar-refractivity contribution in [2.75, 3.05) is 0 Å². The van der Waals surface area contributed by atoms with E-state index in [1.165, 1.54) is 0 Å². The number of carbonyl (C=O) groups excluding carboxylic acids is 1. The Labute approximate surface area is 186 Å². The SMILES string of the molecule is O=C(NCc1ccsc1)c1ccccc1-n1cc(Cn2ccc3c(Cl)ccnc32)nn1. The zero-order valence-electron chi connectivity index (χ0n) is 16.3. The molecule has 0 spiro atoms. The van der Waals surface area contributed by atoms with Gasteiger partial charge in [-0.15, -0.1) is 5.10 Å². The van der Waals surface area contributed by atoms with Gasteiger partial charge in [0.15, 0.2) is 0 Å². The summed E-state index contributed by atoms with van der Waals surface area (Å²) in [4.78, 5) is 17.2. The Hall–Kier alpha value is -3.49. The highest BCUT2D eigenvalue weighted by Crippen LogP contribution is 2.23. The van der Waals surface area contributed by atoms with Crippen molar-refractivity contribution in [1.82, 2.24) is 29.9 Å². The second-order valence-corrected chi connectivity index (χ2v) is 8.15. The number of fused-ring (bicyclic) bond motifs is 1. The fourth-order valence-corrected chi connectivity index (χ4v) is 4.26. The molecule has 5 aromatic rings. The molecule has 154 valence electrons. The van der Waals surface area contributed by atoms with E-state index in [4.69, 9.17) is 11.6 Å². The summed E-state index contributed by atoms with van der Waals surface area (Å²) < 4.78 is 3.59. The monoisotopic (exact) mass is 448 g/mol. The third kappa shape index (κ3) is 3.95. The van der Waals surface area contributed by atoms with Gasteiger partial charge in [-0.3, -0.25) is 4.79 Å². The lowest BCUT2D eigenvalue weighted by Gasteiger charge is -2.09. The van der Waals surface area contributed by atoms with Gasteiger partial charge in [-0.25, -0.2) is 9.67 Å². The third-order valence-electron chi connectivity index (χ3n) is 4.91. The Balaban J connectivity index is 1.38. The van der Waals surface area contributed by atoms with Gasteiger partial charge in [-0.1, -0.05) is 28.9 Å². The number of carbonyl (C=O) groups is 1. The fraction of sp³-hybridized carbons (Fsp3) is 0.0909. The Morgan fingerprint density at radius 2 is 2.06 bits per heavy atom. The lowest BCUT2D eigenvalue weighted by atomic mass is 10.1. The Morgan fingerprint density at radius 3 is 2.94 bits per heavy atom. The highest BCUT2D eigenvalue weighted by atomic mass is 35.5. The number of hydrogen-bond donors (Lipinski definition) is 1. The van der Waals surface area contributed by atoms with E-state index in [9.17, 15) is 4.79 Å². The molecular formula is C22H17ClN6OS. The maximum Gasteiger partial charge on any atom is 0.253 e. The van der Waals surface area contributed by atoms with Crippen LogP contribution in [0.25, 0.3) is 16.7 Å². The normalized spacial score (nSPS) is 11.1. The van der Waals surface area contributed by atoms with Crippen LogP contribution in [0, 0.1) is 0 Å². The minimum Gasteiger partial charge on any atom is -0.348 e. The minimum absolute atomic E-state index is 0.158. The molecule has 7 nitrogen and oxygen atoms in total. The minimum atomic E-state index is -0.158. The first-order chi connectivity index (χ1) is 15.2. The molecule has 0 saturated heterocycles. The second-order valence-electron chi connectivity index (χ2n) is 6.96. The number of rotatable bonds is 6. The van der Waals surface area contributed by atoms with Gasteiger partial charge in [-0.2, -0.15) is 11.3 Å². The molecule has 4 heterocycles. The van der Waals surface area contributed by atoms with Crippen LogP contribution in [0.3, 0.4) is 0 Å². The summed E-state index contributed by atoms with van der Waals surface area (Å²) in [7, 11) is 0. The van der Waals surface area contributed by atoms with E-state index in [2.05, 4.69) is 20.6 Å². The van der Waals surface area contributed by atoms with Crippen LogP contribution < -0.4 is 5.32 Å². The van der Waals surface area contributed by atoms with Crippen molar-refractivity contribution >= 4 is 39.9 Å². The summed E-state index contributed by atoms with van der Waals surface area (Å²) in [5.41, 5.74) is 3.81. The van der Waals surface area contributed by atoms with Crippen molar-refractivity contribution in [3.8, 4) is 5.69 Å². The van der Waals surface area contributed by atoms with Crippen LogP contribution in [0.4, 0.5) is 0 Å². The maximum atomic E-state index is 12.8. The fourth-order valence-electron chi connectivity index (χ4n) is 3.38. The van der Waals surface area contributed by atoms with Gasteiger partial charge in [0, 0.05) is 24.3 Å². The van der Waals surface area contributed by atoms with Gasteiger partial charge < -0.3 is 9.88 Å². The molecule has 0 aliphatic heterocycles. The first kappa shape index (κ1) is 19.5. The second kappa shape index (κ2) is 8.33. The average molecular weight is 449 g/mol. The molecule has 5 rings (SSSR count). The molecule has 0 bridgehead atoms. The van der Waals surface area contributed by atoms with E-state index >= 15 is 0 Å². The molecule has 0 fully saturated rings. The van der Waals surface area contributed by atoms with Gasteiger partial charge in [0.2, 0.25) is 0 Å². The summed E-state index contributed by atoms with van der Waals surface area (Å²) in [5, 5.41) is 17.1. The molecular weight excluding hydrogens is 432 g/mol. The lowest BCUT2D eigenvalue weighted by Crippen LogP contribution is -2.24. The van der Waals surface area contributed by atoms with E-state index in [0.29, 0.717) is 29.4 Å². The molecule has 1 aromatic carbocycles. The summed E-state index contributed by atoms with van der Waals surface area (Å²) in [6, 6.07) is 13.0. The Bertz CT molecular complexity index is 1360. The summed E-state index contributed by atoms with van der Waals surface area (Å²) in [6.45, 7) is 0.971. The lowest BCUT2D eigenvalue weighted by molar-refractivity contribution is 0.0951. The summed E-state index contributed by atoms with van der Waals surface area (Å²) in [6.07, 6.45) is 5.43. The molecule has 9 heteroatoms. The van der Waals surface area contributed by atoms with Crippen LogP contribution in [-0.2, 0) is 13.1 Å². The molecule has 1 amide bonds. The van der Waals surface area contributed by atoms with E-state index in [1.807, 2.05) is 58.1 Å². The quantitative estimate of drug-likeness (QED) is 0.420. The molecule has 0 radical (unpaired) electrons. The molecule has 0 aliphatic rings. The number of pyridine rings is 1. The van der Waals surface area contributed by atoms with Crippen LogP contribution >= 0.6 is 22.9 Å². The van der Waals surface area contributed by atoms with Crippen LogP contribution in [0.5, 0.6) is 0 Å². The number of para-hydroxylation sites is 1. The number of thiophene rings is 1. The molecule has 0 unspecified atom stereocenters. The van der Waals surface area contributed by atoms with Gasteiger partial charge >= 0.3 is 0 Å². The average Bonchev–Trinajstić information content (AvgIpc) is 3.55. The number of aromatic nitrogens is 5. The number of nitrogens with zero attached hydrogens (tertiary/aromatic N) is 5. The van der Waals surface area contributed by atoms with Crippen molar-refractivity contribution in [2.45, 2.75) is 13.1 Å². The van der Waals surface area contributed by atoms with Crippen LogP contribution in [0.1, 0.15) is 21.6 Å². The highest BCUT2D eigenvalue weighted by Gasteiger charge is 2.15. The van der Waals surface area contributed by atoms with Crippen molar-refractivity contribution < 1.29 is 4.79 Å². The van der Waals surface area contributed by atoms with E-state index in [-0.39, 0.29) is 5.91 Å². The zero-order valence-corrected chi connectivity index (χ0v) is 17.8. The molecule has 1 N–H and O–H groups in total. The largest absolute Gasteiger partial charge is 0.348 e. The number of nitrogens with one attached hydrogen (secondary N) is 1.